The number of ether oxygens (including phenoxy) is 1. The molecule has 1 aromatic rings. The van der Waals surface area contributed by atoms with Crippen LogP contribution < -0.4 is 10.1 Å². The normalized spacial score (nSPS) is 12.3. The minimum absolute atomic E-state index is 0.000447. The van der Waals surface area contributed by atoms with Gasteiger partial charge in [0.05, 0.1) is 13.5 Å². The molecule has 0 spiro atoms. The van der Waals surface area contributed by atoms with Crippen LogP contribution in [0.5, 0.6) is 5.75 Å². The van der Waals surface area contributed by atoms with E-state index in [1.54, 1.807) is 7.11 Å². The maximum Gasteiger partial charge on any atom is 0.224 e. The Morgan fingerprint density at radius 2 is 1.94 bits per heavy atom. The van der Waals surface area contributed by atoms with Gasteiger partial charge in [-0.05, 0) is 23.6 Å². The Kier molecular flexibility index (Phi) is 5.99. The highest BCUT2D eigenvalue weighted by molar-refractivity contribution is 6.18. The second-order valence-electron chi connectivity index (χ2n) is 4.60. The molecule has 1 aromatic carbocycles. The summed E-state index contributed by atoms with van der Waals surface area (Å²) >= 11 is 5.82. The fourth-order valence-corrected chi connectivity index (χ4v) is 2.00. The van der Waals surface area contributed by atoms with Gasteiger partial charge in [0.1, 0.15) is 5.75 Å². The minimum atomic E-state index is -0.000447. The Labute approximate surface area is 113 Å². The van der Waals surface area contributed by atoms with Crippen molar-refractivity contribution < 1.29 is 9.53 Å². The summed E-state index contributed by atoms with van der Waals surface area (Å²) in [5, 5.41) is 2.94. The fraction of sp³-hybridized carbons (Fsp3) is 0.500. The molecule has 0 aromatic heterocycles. The van der Waals surface area contributed by atoms with Crippen LogP contribution in [0.3, 0.4) is 0 Å². The Hall–Kier alpha value is -1.22. The van der Waals surface area contributed by atoms with Gasteiger partial charge in [0, 0.05) is 11.9 Å². The van der Waals surface area contributed by atoms with Gasteiger partial charge >= 0.3 is 0 Å². The topological polar surface area (TPSA) is 38.3 Å². The fourth-order valence-electron chi connectivity index (χ4n) is 1.57. The molecule has 0 aliphatic rings. The number of nitrogens with one attached hydrogen (secondary N) is 1. The second-order valence-corrected chi connectivity index (χ2v) is 4.91. The molecule has 1 unspecified atom stereocenters. The van der Waals surface area contributed by atoms with E-state index in [4.69, 9.17) is 16.3 Å². The molecular formula is C14H20ClNO2. The van der Waals surface area contributed by atoms with E-state index in [9.17, 15) is 4.79 Å². The van der Waals surface area contributed by atoms with Crippen LogP contribution in [-0.4, -0.2) is 24.9 Å². The molecule has 0 heterocycles. The highest BCUT2D eigenvalue weighted by Crippen LogP contribution is 2.12. The van der Waals surface area contributed by atoms with Crippen molar-refractivity contribution in [1.29, 1.82) is 0 Å². The lowest BCUT2D eigenvalue weighted by molar-refractivity contribution is -0.121. The Morgan fingerprint density at radius 3 is 2.39 bits per heavy atom. The molecule has 1 N–H and O–H groups in total. The van der Waals surface area contributed by atoms with Crippen LogP contribution in [0.15, 0.2) is 24.3 Å². The highest BCUT2D eigenvalue weighted by atomic mass is 35.5. The molecule has 18 heavy (non-hydrogen) atoms. The molecule has 0 fully saturated rings. The first-order chi connectivity index (χ1) is 8.56. The van der Waals surface area contributed by atoms with Crippen LogP contribution in [0, 0.1) is 5.92 Å². The summed E-state index contributed by atoms with van der Waals surface area (Å²) in [6.07, 6.45) is 0.365. The van der Waals surface area contributed by atoms with Crippen LogP contribution in [0.25, 0.3) is 0 Å². The number of methoxy groups -OCH3 is 1. The molecule has 1 amide bonds. The van der Waals surface area contributed by atoms with E-state index in [1.807, 2.05) is 38.1 Å². The molecule has 0 saturated carbocycles. The Morgan fingerprint density at radius 1 is 1.33 bits per heavy atom. The Balaban J connectivity index is 2.53. The predicted octanol–water partition coefficient (Wildman–Crippen LogP) is 2.62. The first-order valence-corrected chi connectivity index (χ1v) is 6.58. The monoisotopic (exact) mass is 269 g/mol. The zero-order valence-corrected chi connectivity index (χ0v) is 11.8. The lowest BCUT2D eigenvalue weighted by atomic mass is 10.1. The van der Waals surface area contributed by atoms with E-state index in [1.165, 1.54) is 0 Å². The third-order valence-corrected chi connectivity index (χ3v) is 3.17. The van der Waals surface area contributed by atoms with Gasteiger partial charge in [0.2, 0.25) is 5.91 Å². The highest BCUT2D eigenvalue weighted by Gasteiger charge is 2.14. The molecule has 0 saturated heterocycles. The maximum atomic E-state index is 11.8. The van der Waals surface area contributed by atoms with Crippen molar-refractivity contribution in [2.45, 2.75) is 26.3 Å². The number of rotatable bonds is 6. The molecule has 0 radical (unpaired) electrons. The summed E-state index contributed by atoms with van der Waals surface area (Å²) in [6, 6.07) is 7.51. The predicted molar refractivity (Wildman–Crippen MR) is 74.2 cm³/mol. The molecule has 3 nitrogen and oxygen atoms in total. The number of carbonyl (C=O) groups excluding carboxylic acids is 1. The molecule has 1 atom stereocenters. The van der Waals surface area contributed by atoms with Crippen molar-refractivity contribution in [3.05, 3.63) is 29.8 Å². The summed E-state index contributed by atoms with van der Waals surface area (Å²) in [5.74, 6) is 1.56. The van der Waals surface area contributed by atoms with E-state index >= 15 is 0 Å². The molecule has 0 aliphatic carbocycles. The first kappa shape index (κ1) is 14.8. The molecule has 1 rings (SSSR count). The van der Waals surface area contributed by atoms with Crippen molar-refractivity contribution in [3.63, 3.8) is 0 Å². The summed E-state index contributed by atoms with van der Waals surface area (Å²) in [4.78, 5) is 11.8. The van der Waals surface area contributed by atoms with Crippen LogP contribution in [0.2, 0.25) is 0 Å². The van der Waals surface area contributed by atoms with E-state index in [2.05, 4.69) is 5.32 Å². The van der Waals surface area contributed by atoms with Crippen LogP contribution in [-0.2, 0) is 11.2 Å². The summed E-state index contributed by atoms with van der Waals surface area (Å²) < 4.78 is 5.07. The number of hydrogen-bond acceptors (Lipinski definition) is 2. The maximum absolute atomic E-state index is 11.8. The Bertz CT molecular complexity index is 376. The van der Waals surface area contributed by atoms with Crippen molar-refractivity contribution in [3.8, 4) is 5.75 Å². The zero-order chi connectivity index (χ0) is 13.5. The van der Waals surface area contributed by atoms with E-state index in [-0.39, 0.29) is 11.9 Å². The third-order valence-electron chi connectivity index (χ3n) is 2.84. The van der Waals surface area contributed by atoms with Gasteiger partial charge in [0.25, 0.3) is 0 Å². The van der Waals surface area contributed by atoms with Gasteiger partial charge in [-0.25, -0.2) is 0 Å². The number of alkyl halides is 1. The second kappa shape index (κ2) is 7.27. The van der Waals surface area contributed by atoms with Gasteiger partial charge in [-0.3, -0.25) is 4.79 Å². The van der Waals surface area contributed by atoms with Gasteiger partial charge in [-0.2, -0.15) is 0 Å². The van der Waals surface area contributed by atoms with Gasteiger partial charge in [0.15, 0.2) is 0 Å². The third kappa shape index (κ3) is 4.57. The SMILES string of the molecule is COc1ccc(CC(=O)NC(CCl)C(C)C)cc1. The molecule has 0 bridgehead atoms. The minimum Gasteiger partial charge on any atom is -0.497 e. The van der Waals surface area contributed by atoms with Crippen molar-refractivity contribution >= 4 is 17.5 Å². The van der Waals surface area contributed by atoms with Crippen LogP contribution in [0.1, 0.15) is 19.4 Å². The molecule has 0 aliphatic heterocycles. The largest absolute Gasteiger partial charge is 0.497 e. The molecule has 100 valence electrons. The van der Waals surface area contributed by atoms with Crippen LogP contribution >= 0.6 is 11.6 Å². The number of halogens is 1. The van der Waals surface area contributed by atoms with Gasteiger partial charge in [-0.15, -0.1) is 11.6 Å². The average Bonchev–Trinajstić information content (AvgIpc) is 2.36. The quantitative estimate of drug-likeness (QED) is 0.807. The number of amides is 1. The average molecular weight is 270 g/mol. The van der Waals surface area contributed by atoms with Gasteiger partial charge in [-0.1, -0.05) is 26.0 Å². The summed E-state index contributed by atoms with van der Waals surface area (Å²) in [7, 11) is 1.62. The summed E-state index contributed by atoms with van der Waals surface area (Å²) in [6.45, 7) is 4.08. The first-order valence-electron chi connectivity index (χ1n) is 6.05. The number of carbonyl (C=O) groups is 1. The summed E-state index contributed by atoms with van der Waals surface area (Å²) in [5.41, 5.74) is 0.963. The standard InChI is InChI=1S/C14H20ClNO2/c1-10(2)13(9-15)16-14(17)8-11-4-6-12(18-3)7-5-11/h4-7,10,13H,8-9H2,1-3H3,(H,16,17). The molecule has 4 heteroatoms. The van der Waals surface area contributed by atoms with Crippen LogP contribution in [0.4, 0.5) is 0 Å². The van der Waals surface area contributed by atoms with Crippen molar-refractivity contribution in [1.82, 2.24) is 5.32 Å². The lowest BCUT2D eigenvalue weighted by Crippen LogP contribution is -2.40. The lowest BCUT2D eigenvalue weighted by Gasteiger charge is -2.19. The number of benzene rings is 1. The zero-order valence-electron chi connectivity index (χ0n) is 11.1. The van der Waals surface area contributed by atoms with Crippen molar-refractivity contribution in [2.24, 2.45) is 5.92 Å². The van der Waals surface area contributed by atoms with E-state index < -0.39 is 0 Å². The molecular weight excluding hydrogens is 250 g/mol. The van der Waals surface area contributed by atoms with Gasteiger partial charge < -0.3 is 10.1 Å². The van der Waals surface area contributed by atoms with E-state index in [0.717, 1.165) is 11.3 Å². The van der Waals surface area contributed by atoms with E-state index in [0.29, 0.717) is 18.2 Å². The number of hydrogen-bond donors (Lipinski definition) is 1. The van der Waals surface area contributed by atoms with Crippen molar-refractivity contribution in [2.75, 3.05) is 13.0 Å². The smallest absolute Gasteiger partial charge is 0.224 e.